The Labute approximate surface area is 90.6 Å². The third-order valence-electron chi connectivity index (χ3n) is 4.13. The van der Waals surface area contributed by atoms with E-state index in [0.717, 1.165) is 11.3 Å². The van der Waals surface area contributed by atoms with Crippen LogP contribution in [0.3, 0.4) is 0 Å². The number of hydrogen-bond acceptors (Lipinski definition) is 3. The van der Waals surface area contributed by atoms with Gasteiger partial charge in [0.25, 0.3) is 0 Å². The molecule has 0 radical (unpaired) electrons. The minimum Gasteiger partial charge on any atom is -0.324 e. The predicted molar refractivity (Wildman–Crippen MR) is 61.6 cm³/mol. The molecule has 0 aromatic rings. The van der Waals surface area contributed by atoms with Crippen molar-refractivity contribution in [1.29, 1.82) is 0 Å². The molecule has 0 aromatic carbocycles. The summed E-state index contributed by atoms with van der Waals surface area (Å²) in [4.78, 5) is 2.67. The number of thioether (sulfide) groups is 1. The topological polar surface area (TPSA) is 29.3 Å². The summed E-state index contributed by atoms with van der Waals surface area (Å²) in [5.41, 5.74) is 6.60. The van der Waals surface area contributed by atoms with Gasteiger partial charge in [-0.05, 0) is 19.3 Å². The second-order valence-electron chi connectivity index (χ2n) is 5.34. The molecule has 1 saturated carbocycles. The lowest BCUT2D eigenvalue weighted by Crippen LogP contribution is -2.50. The zero-order valence-corrected chi connectivity index (χ0v) is 9.56. The van der Waals surface area contributed by atoms with E-state index in [-0.39, 0.29) is 5.54 Å². The molecule has 0 amide bonds. The van der Waals surface area contributed by atoms with Crippen molar-refractivity contribution >= 4 is 11.8 Å². The van der Waals surface area contributed by atoms with E-state index in [1.165, 1.54) is 50.9 Å². The summed E-state index contributed by atoms with van der Waals surface area (Å²) in [7, 11) is 0. The maximum absolute atomic E-state index is 6.42. The maximum Gasteiger partial charge on any atom is 0.0283 e. The fourth-order valence-electron chi connectivity index (χ4n) is 3.31. The first-order chi connectivity index (χ1) is 6.75. The van der Waals surface area contributed by atoms with Gasteiger partial charge in [0.1, 0.15) is 0 Å². The summed E-state index contributed by atoms with van der Waals surface area (Å²) in [6, 6.07) is 0.867. The molecule has 0 aromatic heterocycles. The van der Waals surface area contributed by atoms with Gasteiger partial charge in [-0.3, -0.25) is 4.90 Å². The Morgan fingerprint density at radius 1 is 1.36 bits per heavy atom. The lowest BCUT2D eigenvalue weighted by molar-refractivity contribution is 0.204. The van der Waals surface area contributed by atoms with Crippen molar-refractivity contribution in [3.8, 4) is 0 Å². The van der Waals surface area contributed by atoms with E-state index in [1.54, 1.807) is 0 Å². The van der Waals surface area contributed by atoms with E-state index in [4.69, 9.17) is 5.73 Å². The molecule has 0 spiro atoms. The molecule has 2 heterocycles. The number of nitrogens with two attached hydrogens (primary N) is 1. The number of hydrogen-bond donors (Lipinski definition) is 1. The lowest BCUT2D eigenvalue weighted by Gasteiger charge is -2.34. The monoisotopic (exact) mass is 212 g/mol. The van der Waals surface area contributed by atoms with Crippen LogP contribution in [-0.4, -0.2) is 40.6 Å². The Bertz CT molecular complexity index is 225. The van der Waals surface area contributed by atoms with Crippen LogP contribution < -0.4 is 5.73 Å². The minimum absolute atomic E-state index is 0.176. The molecule has 3 aliphatic rings. The van der Waals surface area contributed by atoms with Gasteiger partial charge in [-0.1, -0.05) is 12.8 Å². The van der Waals surface area contributed by atoms with Crippen molar-refractivity contribution in [3.05, 3.63) is 0 Å². The zero-order chi connectivity index (χ0) is 9.60. The van der Waals surface area contributed by atoms with Crippen LogP contribution in [0, 0.1) is 0 Å². The Balaban J connectivity index is 1.62. The van der Waals surface area contributed by atoms with E-state index in [9.17, 15) is 0 Å². The average molecular weight is 212 g/mol. The van der Waals surface area contributed by atoms with Crippen molar-refractivity contribution in [2.75, 3.05) is 18.8 Å². The van der Waals surface area contributed by atoms with Gasteiger partial charge in [-0.15, -0.1) is 0 Å². The normalized spacial score (nSPS) is 40.9. The van der Waals surface area contributed by atoms with Gasteiger partial charge < -0.3 is 5.73 Å². The van der Waals surface area contributed by atoms with Crippen molar-refractivity contribution in [2.45, 2.75) is 48.9 Å². The predicted octanol–water partition coefficient (Wildman–Crippen LogP) is 1.45. The summed E-state index contributed by atoms with van der Waals surface area (Å²) < 4.78 is 0. The summed E-state index contributed by atoms with van der Waals surface area (Å²) in [5, 5.41) is 0.935. The van der Waals surface area contributed by atoms with Gasteiger partial charge >= 0.3 is 0 Å². The second-order valence-corrected chi connectivity index (χ2v) is 6.68. The molecule has 2 unspecified atom stereocenters. The van der Waals surface area contributed by atoms with E-state index < -0.39 is 0 Å². The average Bonchev–Trinajstić information content (AvgIpc) is 2.80. The molecule has 1 aliphatic carbocycles. The molecule has 3 fully saturated rings. The molecule has 14 heavy (non-hydrogen) atoms. The third kappa shape index (κ3) is 1.59. The molecule has 2 aliphatic heterocycles. The smallest absolute Gasteiger partial charge is 0.0283 e. The van der Waals surface area contributed by atoms with Crippen LogP contribution in [0.4, 0.5) is 0 Å². The number of rotatable bonds is 2. The first-order valence-corrected chi connectivity index (χ1v) is 6.95. The number of likely N-dealkylation sites (tertiary alicyclic amines) is 1. The first-order valence-electron chi connectivity index (χ1n) is 5.90. The third-order valence-corrected chi connectivity index (χ3v) is 5.52. The van der Waals surface area contributed by atoms with Crippen LogP contribution in [0.5, 0.6) is 0 Å². The standard InChI is InChI=1S/C11H20N2S/c12-11(3-1-2-4-11)8-13-6-10-5-9(13)7-14-10/h9-10H,1-8,12H2. The van der Waals surface area contributed by atoms with E-state index >= 15 is 0 Å². The Hall–Kier alpha value is 0.270. The quantitative estimate of drug-likeness (QED) is 0.751. The summed E-state index contributed by atoms with van der Waals surface area (Å²) in [6.07, 6.45) is 6.66. The Morgan fingerprint density at radius 2 is 2.14 bits per heavy atom. The van der Waals surface area contributed by atoms with Crippen molar-refractivity contribution < 1.29 is 0 Å². The van der Waals surface area contributed by atoms with Crippen LogP contribution >= 0.6 is 11.8 Å². The highest BCUT2D eigenvalue weighted by Crippen LogP contribution is 2.39. The van der Waals surface area contributed by atoms with Gasteiger partial charge in [0.2, 0.25) is 0 Å². The molecular weight excluding hydrogens is 192 g/mol. The summed E-state index contributed by atoms with van der Waals surface area (Å²) in [5.74, 6) is 1.36. The van der Waals surface area contributed by atoms with Gasteiger partial charge in [-0.25, -0.2) is 0 Å². The minimum atomic E-state index is 0.176. The van der Waals surface area contributed by atoms with Crippen molar-refractivity contribution in [3.63, 3.8) is 0 Å². The second kappa shape index (κ2) is 3.39. The van der Waals surface area contributed by atoms with Gasteiger partial charge in [-0.2, -0.15) is 11.8 Å². The molecule has 80 valence electrons. The van der Waals surface area contributed by atoms with Gasteiger partial charge in [0.15, 0.2) is 0 Å². The molecule has 2 bridgehead atoms. The van der Waals surface area contributed by atoms with Gasteiger partial charge in [0, 0.05) is 35.7 Å². The number of fused-ring (bicyclic) bond motifs is 2. The zero-order valence-electron chi connectivity index (χ0n) is 8.74. The highest BCUT2D eigenvalue weighted by molar-refractivity contribution is 8.00. The van der Waals surface area contributed by atoms with Crippen LogP contribution in [0.2, 0.25) is 0 Å². The molecule has 2 saturated heterocycles. The first kappa shape index (κ1) is 9.49. The van der Waals surface area contributed by atoms with E-state index in [1.807, 2.05) is 0 Å². The maximum atomic E-state index is 6.42. The summed E-state index contributed by atoms with van der Waals surface area (Å²) >= 11 is 2.17. The van der Waals surface area contributed by atoms with Crippen LogP contribution in [0.15, 0.2) is 0 Å². The van der Waals surface area contributed by atoms with Crippen LogP contribution in [0.25, 0.3) is 0 Å². The lowest BCUT2D eigenvalue weighted by atomic mass is 9.98. The van der Waals surface area contributed by atoms with Crippen LogP contribution in [-0.2, 0) is 0 Å². The number of nitrogens with zero attached hydrogens (tertiary/aromatic N) is 1. The van der Waals surface area contributed by atoms with Gasteiger partial charge in [0.05, 0.1) is 0 Å². The largest absolute Gasteiger partial charge is 0.324 e. The van der Waals surface area contributed by atoms with Crippen LogP contribution in [0.1, 0.15) is 32.1 Å². The van der Waals surface area contributed by atoms with E-state index in [2.05, 4.69) is 16.7 Å². The highest BCUT2D eigenvalue weighted by Gasteiger charge is 2.42. The Morgan fingerprint density at radius 3 is 2.71 bits per heavy atom. The molecule has 3 heteroatoms. The SMILES string of the molecule is NC1(CN2CC3CC2CS3)CCCC1. The molecule has 2 N–H and O–H groups in total. The highest BCUT2D eigenvalue weighted by atomic mass is 32.2. The summed E-state index contributed by atoms with van der Waals surface area (Å²) in [6.45, 7) is 2.49. The molecule has 2 nitrogen and oxygen atoms in total. The fourth-order valence-corrected chi connectivity index (χ4v) is 4.81. The molecule has 2 atom stereocenters. The fraction of sp³-hybridized carbons (Fsp3) is 1.00. The van der Waals surface area contributed by atoms with Crippen molar-refractivity contribution in [2.24, 2.45) is 5.73 Å². The Kier molecular flexibility index (Phi) is 2.30. The molecule has 3 rings (SSSR count). The van der Waals surface area contributed by atoms with E-state index in [0.29, 0.717) is 0 Å². The van der Waals surface area contributed by atoms with Crippen molar-refractivity contribution in [1.82, 2.24) is 4.90 Å². The molecular formula is C11H20N2S.